The summed E-state index contributed by atoms with van der Waals surface area (Å²) >= 11 is 5.73. The lowest BCUT2D eigenvalue weighted by Crippen LogP contribution is -2.07. The van der Waals surface area contributed by atoms with Crippen LogP contribution in [-0.4, -0.2) is 18.9 Å². The van der Waals surface area contributed by atoms with Crippen LogP contribution in [0.2, 0.25) is 5.02 Å². The van der Waals surface area contributed by atoms with Gasteiger partial charge in [-0.25, -0.2) is 4.79 Å². The van der Waals surface area contributed by atoms with E-state index < -0.39 is 5.97 Å². The molecule has 2 N–H and O–H groups in total. The zero-order valence-corrected chi connectivity index (χ0v) is 7.95. The number of benzene rings is 1. The normalized spacial score (nSPS) is 9.50. The van der Waals surface area contributed by atoms with Gasteiger partial charge < -0.3 is 10.5 Å². The Labute approximate surface area is 85.6 Å². The summed E-state index contributed by atoms with van der Waals surface area (Å²) in [5.41, 5.74) is 6.09. The molecule has 0 amide bonds. The van der Waals surface area contributed by atoms with Crippen LogP contribution >= 0.6 is 11.6 Å². The zero-order chi connectivity index (χ0) is 10.6. The van der Waals surface area contributed by atoms with Gasteiger partial charge in [0.2, 0.25) is 0 Å². The number of nitrogen functional groups attached to an aromatic ring is 1. The van der Waals surface area contributed by atoms with Gasteiger partial charge in [-0.2, -0.15) is 0 Å². The Kier molecular flexibility index (Phi) is 3.48. The highest BCUT2D eigenvalue weighted by molar-refractivity contribution is 6.33. The number of carbonyl (C=O) groups excluding carboxylic acids is 2. The van der Waals surface area contributed by atoms with Gasteiger partial charge in [0.1, 0.15) is 6.61 Å². The summed E-state index contributed by atoms with van der Waals surface area (Å²) < 4.78 is 4.57. The Balaban J connectivity index is 2.84. The molecule has 0 aliphatic carbocycles. The molecule has 0 aliphatic heterocycles. The van der Waals surface area contributed by atoms with E-state index >= 15 is 0 Å². The van der Waals surface area contributed by atoms with Crippen LogP contribution in [0.4, 0.5) is 5.69 Å². The maximum Gasteiger partial charge on any atom is 0.340 e. The summed E-state index contributed by atoms with van der Waals surface area (Å²) in [6, 6.07) is 4.42. The summed E-state index contributed by atoms with van der Waals surface area (Å²) in [6.45, 7) is -0.278. The van der Waals surface area contributed by atoms with Crippen LogP contribution in [0.1, 0.15) is 10.4 Å². The van der Waals surface area contributed by atoms with Crippen molar-refractivity contribution in [3.63, 3.8) is 0 Å². The van der Waals surface area contributed by atoms with Crippen molar-refractivity contribution in [3.8, 4) is 0 Å². The minimum absolute atomic E-state index is 0.197. The van der Waals surface area contributed by atoms with E-state index in [0.29, 0.717) is 12.0 Å². The molecule has 1 aromatic carbocycles. The minimum Gasteiger partial charge on any atom is -0.454 e. The summed E-state index contributed by atoms with van der Waals surface area (Å²) in [6.07, 6.45) is 0.489. The van der Waals surface area contributed by atoms with Crippen molar-refractivity contribution in [1.29, 1.82) is 0 Å². The second kappa shape index (κ2) is 4.62. The molecule has 74 valence electrons. The molecule has 0 saturated carbocycles. The smallest absolute Gasteiger partial charge is 0.340 e. The Morgan fingerprint density at radius 1 is 1.57 bits per heavy atom. The summed E-state index contributed by atoms with van der Waals surface area (Å²) in [5, 5.41) is 0.209. The third kappa shape index (κ3) is 2.47. The van der Waals surface area contributed by atoms with Gasteiger partial charge in [0, 0.05) is 5.69 Å². The van der Waals surface area contributed by atoms with Gasteiger partial charge in [-0.15, -0.1) is 0 Å². The first-order chi connectivity index (χ1) is 6.65. The average molecular weight is 214 g/mol. The minimum atomic E-state index is -0.637. The van der Waals surface area contributed by atoms with Gasteiger partial charge in [-0.05, 0) is 18.2 Å². The fourth-order valence-electron chi connectivity index (χ4n) is 0.884. The number of aldehydes is 1. The predicted octanol–water partition coefficient (Wildman–Crippen LogP) is 1.28. The van der Waals surface area contributed by atoms with Gasteiger partial charge in [0.25, 0.3) is 0 Å². The van der Waals surface area contributed by atoms with E-state index in [1.54, 1.807) is 0 Å². The highest BCUT2D eigenvalue weighted by atomic mass is 35.5. The molecule has 4 nitrogen and oxygen atoms in total. The summed E-state index contributed by atoms with van der Waals surface area (Å²) in [7, 11) is 0. The highest BCUT2D eigenvalue weighted by Gasteiger charge is 2.11. The fraction of sp³-hybridized carbons (Fsp3) is 0.111. The maximum atomic E-state index is 11.2. The quantitative estimate of drug-likeness (QED) is 0.467. The Bertz CT molecular complexity index is 365. The van der Waals surface area contributed by atoms with Crippen LogP contribution in [0.3, 0.4) is 0 Å². The molecular weight excluding hydrogens is 206 g/mol. The number of anilines is 1. The Hall–Kier alpha value is -1.55. The van der Waals surface area contributed by atoms with Gasteiger partial charge in [0.05, 0.1) is 10.6 Å². The third-order valence-corrected chi connectivity index (χ3v) is 1.81. The highest BCUT2D eigenvalue weighted by Crippen LogP contribution is 2.19. The lowest BCUT2D eigenvalue weighted by atomic mass is 10.2. The standard InChI is InChI=1S/C9H8ClNO3/c10-8-5-6(11)1-2-7(8)9(13)14-4-3-12/h1-3,5H,4,11H2. The Morgan fingerprint density at radius 3 is 2.86 bits per heavy atom. The molecule has 0 saturated heterocycles. The van der Waals surface area contributed by atoms with Crippen LogP contribution < -0.4 is 5.73 Å². The topological polar surface area (TPSA) is 69.4 Å². The molecule has 0 heterocycles. The maximum absolute atomic E-state index is 11.2. The van der Waals surface area contributed by atoms with E-state index in [2.05, 4.69) is 4.74 Å². The molecule has 0 atom stereocenters. The van der Waals surface area contributed by atoms with Crippen molar-refractivity contribution in [2.45, 2.75) is 0 Å². The largest absolute Gasteiger partial charge is 0.454 e. The predicted molar refractivity (Wildman–Crippen MR) is 52.2 cm³/mol. The lowest BCUT2D eigenvalue weighted by Gasteiger charge is -2.03. The number of nitrogens with two attached hydrogens (primary N) is 1. The number of esters is 1. The lowest BCUT2D eigenvalue weighted by molar-refractivity contribution is -0.110. The number of ether oxygens (including phenoxy) is 1. The van der Waals surface area contributed by atoms with Crippen molar-refractivity contribution >= 4 is 29.5 Å². The van der Waals surface area contributed by atoms with Crippen LogP contribution in [0.15, 0.2) is 18.2 Å². The monoisotopic (exact) mass is 213 g/mol. The van der Waals surface area contributed by atoms with E-state index in [-0.39, 0.29) is 17.2 Å². The summed E-state index contributed by atoms with van der Waals surface area (Å²) in [5.74, 6) is -0.637. The number of hydrogen-bond acceptors (Lipinski definition) is 4. The molecule has 0 fully saturated rings. The SMILES string of the molecule is Nc1ccc(C(=O)OCC=O)c(Cl)c1. The second-order valence-corrected chi connectivity index (χ2v) is 2.91. The van der Waals surface area contributed by atoms with Gasteiger partial charge in [-0.3, -0.25) is 4.79 Å². The van der Waals surface area contributed by atoms with Gasteiger partial charge in [0.15, 0.2) is 6.29 Å². The Morgan fingerprint density at radius 2 is 2.29 bits per heavy atom. The molecule has 5 heteroatoms. The van der Waals surface area contributed by atoms with Crippen molar-refractivity contribution in [1.82, 2.24) is 0 Å². The molecule has 1 rings (SSSR count). The van der Waals surface area contributed by atoms with Crippen molar-refractivity contribution in [2.24, 2.45) is 0 Å². The summed E-state index contributed by atoms with van der Waals surface area (Å²) in [4.78, 5) is 21.2. The molecule has 0 unspecified atom stereocenters. The van der Waals surface area contributed by atoms with E-state index in [9.17, 15) is 9.59 Å². The third-order valence-electron chi connectivity index (χ3n) is 1.50. The molecule has 0 aromatic heterocycles. The van der Waals surface area contributed by atoms with Crippen LogP contribution in [0, 0.1) is 0 Å². The molecule has 0 bridgehead atoms. The zero-order valence-electron chi connectivity index (χ0n) is 7.20. The van der Waals surface area contributed by atoms with E-state index in [1.807, 2.05) is 0 Å². The number of hydrogen-bond donors (Lipinski definition) is 1. The second-order valence-electron chi connectivity index (χ2n) is 2.50. The van der Waals surface area contributed by atoms with Crippen LogP contribution in [-0.2, 0) is 9.53 Å². The van der Waals surface area contributed by atoms with E-state index in [4.69, 9.17) is 17.3 Å². The van der Waals surface area contributed by atoms with E-state index in [0.717, 1.165) is 0 Å². The van der Waals surface area contributed by atoms with Crippen molar-refractivity contribution < 1.29 is 14.3 Å². The first-order valence-corrected chi connectivity index (χ1v) is 4.18. The van der Waals surface area contributed by atoms with Gasteiger partial charge in [-0.1, -0.05) is 11.6 Å². The molecule has 0 spiro atoms. The van der Waals surface area contributed by atoms with Crippen LogP contribution in [0.5, 0.6) is 0 Å². The van der Waals surface area contributed by atoms with Crippen molar-refractivity contribution in [2.75, 3.05) is 12.3 Å². The number of rotatable bonds is 3. The molecule has 0 radical (unpaired) electrons. The number of halogens is 1. The first-order valence-electron chi connectivity index (χ1n) is 3.81. The average Bonchev–Trinajstić information content (AvgIpc) is 2.14. The first kappa shape index (κ1) is 10.5. The molecule has 1 aromatic rings. The number of carbonyl (C=O) groups is 2. The molecule has 0 aliphatic rings. The van der Waals surface area contributed by atoms with Crippen molar-refractivity contribution in [3.05, 3.63) is 28.8 Å². The fourth-order valence-corrected chi connectivity index (χ4v) is 1.15. The molecule has 14 heavy (non-hydrogen) atoms. The molecular formula is C9H8ClNO3. The van der Waals surface area contributed by atoms with E-state index in [1.165, 1.54) is 18.2 Å². The van der Waals surface area contributed by atoms with Crippen LogP contribution in [0.25, 0.3) is 0 Å². The van der Waals surface area contributed by atoms with Gasteiger partial charge >= 0.3 is 5.97 Å².